The van der Waals surface area contributed by atoms with Gasteiger partial charge in [-0.3, -0.25) is 0 Å². The molecule has 0 aliphatic heterocycles. The Labute approximate surface area is 333 Å². The normalized spacial score (nSPS) is 26.9. The van der Waals surface area contributed by atoms with Crippen LogP contribution in [0.5, 0.6) is 0 Å². The van der Waals surface area contributed by atoms with Gasteiger partial charge in [-0.15, -0.1) is 0 Å². The Morgan fingerprint density at radius 3 is 1.55 bits per heavy atom. The minimum absolute atomic E-state index is 0. The summed E-state index contributed by atoms with van der Waals surface area (Å²) in [5, 5.41) is 0. The fourth-order valence-corrected chi connectivity index (χ4v) is 24.3. The zero-order valence-corrected chi connectivity index (χ0v) is 36.8. The molecule has 53 heavy (non-hydrogen) atoms. The van der Waals surface area contributed by atoms with Gasteiger partial charge in [0.15, 0.2) is 0 Å². The molecule has 6 aliphatic carbocycles. The smallest absolute Gasteiger partial charge is 1.00 e. The summed E-state index contributed by atoms with van der Waals surface area (Å²) in [4.78, 5) is 0. The Morgan fingerprint density at radius 1 is 0.698 bits per heavy atom. The van der Waals surface area contributed by atoms with Crippen molar-refractivity contribution in [3.63, 3.8) is 0 Å². The van der Waals surface area contributed by atoms with Gasteiger partial charge in [0, 0.05) is 0 Å². The summed E-state index contributed by atoms with van der Waals surface area (Å²) >= 11 is -4.17. The fraction of sp³-hybridized carbons (Fsp3) is 0.511. The Morgan fingerprint density at radius 2 is 1.13 bits per heavy atom. The van der Waals surface area contributed by atoms with Crippen LogP contribution in [-0.4, -0.2) is 4.21 Å². The van der Waals surface area contributed by atoms with E-state index in [0.29, 0.717) is 5.41 Å². The molecular weight excluding hydrogens is 784 g/mol. The molecule has 6 heteroatoms. The maximum absolute atomic E-state index is 14.0. The molecule has 0 spiro atoms. The molecule has 0 aromatic heterocycles. The van der Waals surface area contributed by atoms with Crippen LogP contribution in [0, 0.1) is 29.1 Å². The molecule has 4 bridgehead atoms. The summed E-state index contributed by atoms with van der Waals surface area (Å²) in [6.45, 7) is 18.3. The monoisotopic (exact) mass is 837 g/mol. The minimum Gasteiger partial charge on any atom is -1.00 e. The van der Waals surface area contributed by atoms with Gasteiger partial charge in [-0.25, -0.2) is 0 Å². The van der Waals surface area contributed by atoms with Crippen molar-refractivity contribution in [1.29, 1.82) is 0 Å². The van der Waals surface area contributed by atoms with E-state index in [1.165, 1.54) is 98.5 Å². The zero-order chi connectivity index (χ0) is 36.5. The fourth-order valence-electron chi connectivity index (χ4n) is 12.0. The summed E-state index contributed by atoms with van der Waals surface area (Å²) in [5.41, 5.74) is 10.6. The molecule has 0 saturated heterocycles. The maximum Gasteiger partial charge on any atom is -1.00 e. The summed E-state index contributed by atoms with van der Waals surface area (Å²) in [7, 11) is 0. The topological polar surface area (TPSA) is 0 Å². The van der Waals surface area contributed by atoms with Crippen molar-refractivity contribution in [3.05, 3.63) is 109 Å². The van der Waals surface area contributed by atoms with Crippen LogP contribution < -0.4 is 28.1 Å². The van der Waals surface area contributed by atoms with Crippen molar-refractivity contribution < 1.29 is 57.8 Å². The summed E-state index contributed by atoms with van der Waals surface area (Å²) in [6, 6.07) is 20.4. The third-order valence-electron chi connectivity index (χ3n) is 14.0. The van der Waals surface area contributed by atoms with Crippen LogP contribution in [0.3, 0.4) is 0 Å². The van der Waals surface area contributed by atoms with Crippen molar-refractivity contribution in [1.82, 2.24) is 0 Å². The van der Waals surface area contributed by atoms with Gasteiger partial charge in [0.05, 0.1) is 0 Å². The van der Waals surface area contributed by atoms with Crippen molar-refractivity contribution in [3.8, 4) is 11.1 Å². The van der Waals surface area contributed by atoms with Gasteiger partial charge in [0.25, 0.3) is 0 Å². The number of benzene rings is 3. The first-order chi connectivity index (χ1) is 23.8. The molecule has 0 heterocycles. The average Bonchev–Trinajstić information content (AvgIpc) is 3.50. The number of hydrogen-bond donors (Lipinski definition) is 0. The molecular formula is C47H56Cl2F3Zr. The van der Waals surface area contributed by atoms with E-state index in [1.54, 1.807) is 0 Å². The van der Waals surface area contributed by atoms with Crippen LogP contribution in [0.4, 0.5) is 13.2 Å². The number of hydrogen-bond acceptors (Lipinski definition) is 0. The third-order valence-corrected chi connectivity index (χ3v) is 25.7. The summed E-state index contributed by atoms with van der Waals surface area (Å²) in [6.07, 6.45) is 7.79. The van der Waals surface area contributed by atoms with Crippen LogP contribution in [-0.2, 0) is 36.8 Å². The number of rotatable bonds is 5. The largest absolute Gasteiger partial charge is 1.00 e. The maximum atomic E-state index is 14.0. The quantitative estimate of drug-likeness (QED) is 0.267. The molecule has 6 aliphatic rings. The first-order valence-corrected chi connectivity index (χ1v) is 25.1. The van der Waals surface area contributed by atoms with Crippen LogP contribution in [0.15, 0.2) is 81.2 Å². The van der Waals surface area contributed by atoms with Crippen LogP contribution in [0.25, 0.3) is 11.1 Å². The molecule has 9 rings (SSSR count). The second-order valence-corrected chi connectivity index (χ2v) is 28.6. The van der Waals surface area contributed by atoms with Gasteiger partial charge in [-0.1, -0.05) is 0 Å². The van der Waals surface area contributed by atoms with Crippen molar-refractivity contribution in [2.45, 2.75) is 121 Å². The molecule has 3 aromatic rings. The predicted octanol–water partition coefficient (Wildman–Crippen LogP) is 6.75. The zero-order valence-electron chi connectivity index (χ0n) is 32.8. The van der Waals surface area contributed by atoms with E-state index in [9.17, 15) is 13.2 Å². The van der Waals surface area contributed by atoms with Crippen molar-refractivity contribution >= 4 is 7.48 Å². The standard InChI is InChI=1S/C21H25.C18H25.C7H4F3.CH2.2ClH.Zr/c1-20(2,3)16-9-7-14-11-15-8-10-17(21(4,5)6)13-19(15)18(14)12-16;1-12-3-13(2)17(4-12)11-18-8-14-5-15(9-18)7-16(6-14)10-18;8-7(9,10)6-4-2-1-3-5-6;;;;/h7-13H,1-6H3;4,12,14-16H,5-11H2,1-2H3;2-5H;1H2;2*1H;/q;;;;;;+2/p-2. The van der Waals surface area contributed by atoms with Crippen molar-refractivity contribution in [2.24, 2.45) is 29.1 Å². The van der Waals surface area contributed by atoms with Gasteiger partial charge in [0.2, 0.25) is 0 Å². The van der Waals surface area contributed by atoms with Crippen molar-refractivity contribution in [2.75, 3.05) is 0 Å². The molecule has 3 aromatic carbocycles. The van der Waals surface area contributed by atoms with Gasteiger partial charge < -0.3 is 24.8 Å². The Bertz CT molecular complexity index is 1920. The number of halogens is 5. The van der Waals surface area contributed by atoms with E-state index in [0.717, 1.165) is 27.4 Å². The third kappa shape index (κ3) is 6.90. The average molecular weight is 840 g/mol. The molecule has 2 unspecified atom stereocenters. The molecule has 2 atom stereocenters. The van der Waals surface area contributed by atoms with Gasteiger partial charge in [-0.2, -0.15) is 0 Å². The van der Waals surface area contributed by atoms with E-state index in [4.69, 9.17) is 4.21 Å². The van der Waals surface area contributed by atoms with Crippen LogP contribution in [0.1, 0.15) is 132 Å². The molecule has 0 amide bonds. The molecule has 4 fully saturated rings. The van der Waals surface area contributed by atoms with Crippen LogP contribution >= 0.6 is 0 Å². The predicted molar refractivity (Wildman–Crippen MR) is 204 cm³/mol. The van der Waals surface area contributed by atoms with Crippen LogP contribution in [0.2, 0.25) is 0 Å². The second-order valence-electron chi connectivity index (χ2n) is 19.7. The van der Waals surface area contributed by atoms with E-state index in [-0.39, 0.29) is 45.2 Å². The molecule has 0 nitrogen and oxygen atoms in total. The van der Waals surface area contributed by atoms with Gasteiger partial charge >= 0.3 is 311 Å². The summed E-state index contributed by atoms with van der Waals surface area (Å²) < 4.78 is 50.0. The second kappa shape index (κ2) is 13.7. The van der Waals surface area contributed by atoms with E-state index < -0.39 is 31.5 Å². The minimum atomic E-state index is -4.38. The Kier molecular flexibility index (Phi) is 10.6. The number of alkyl halides is 3. The molecule has 4 saturated carbocycles. The first-order valence-electron chi connectivity index (χ1n) is 19.5. The molecule has 0 radical (unpaired) electrons. The SMILES string of the molecule is [CH2]=[Zr+2]([C]1=C(C)C(CC23CC4CC(CC(C4)C2)C3)=CC1C)([c]1ccc(C(F)(F)F)cc1)[CH]1c2ccc(C(C)(C)C)cc2-c2cc(C(C)(C)C)ccc21.[Cl-].[Cl-]. The number of fused-ring (bicyclic) bond motifs is 3. The first kappa shape index (κ1) is 40.9. The molecule has 0 N–H and O–H groups in total. The summed E-state index contributed by atoms with van der Waals surface area (Å²) in [5.74, 6) is 2.93. The van der Waals surface area contributed by atoms with E-state index >= 15 is 0 Å². The Hall–Kier alpha value is -1.74. The van der Waals surface area contributed by atoms with E-state index in [2.05, 4.69) is 97.9 Å². The van der Waals surface area contributed by atoms with E-state index in [1.807, 2.05) is 12.1 Å². The Balaban J connectivity index is 0.00000240. The molecule has 283 valence electrons. The van der Waals surface area contributed by atoms with Gasteiger partial charge in [0.1, 0.15) is 0 Å². The number of allylic oxidation sites excluding steroid dienone is 4. The van der Waals surface area contributed by atoms with Gasteiger partial charge in [-0.05, 0) is 0 Å².